The molecule has 1 aromatic carbocycles. The van der Waals surface area contributed by atoms with Crippen LogP contribution in [0.1, 0.15) is 12.5 Å². The number of benzene rings is 1. The van der Waals surface area contributed by atoms with Crippen LogP contribution in [0.4, 0.5) is 13.2 Å². The van der Waals surface area contributed by atoms with Crippen LogP contribution in [-0.2, 0) is 11.3 Å². The smallest absolute Gasteiger partial charge is 0.411 e. The minimum atomic E-state index is -4.35. The van der Waals surface area contributed by atoms with Crippen molar-refractivity contribution in [3.8, 4) is 11.5 Å². The predicted octanol–water partition coefficient (Wildman–Crippen LogP) is 2.54. The van der Waals surface area contributed by atoms with E-state index in [1.807, 2.05) is 0 Å². The van der Waals surface area contributed by atoms with Crippen molar-refractivity contribution in [1.82, 2.24) is 0 Å². The summed E-state index contributed by atoms with van der Waals surface area (Å²) >= 11 is 0. The molecule has 0 atom stereocenters. The lowest BCUT2D eigenvalue weighted by atomic mass is 10.2. The van der Waals surface area contributed by atoms with E-state index in [0.717, 1.165) is 0 Å². The second kappa shape index (κ2) is 7.96. The van der Waals surface area contributed by atoms with Gasteiger partial charge in [-0.05, 0) is 13.0 Å². The molecule has 1 N–H and O–H groups in total. The van der Waals surface area contributed by atoms with Crippen LogP contribution in [0.2, 0.25) is 0 Å². The van der Waals surface area contributed by atoms with Gasteiger partial charge in [-0.25, -0.2) is 0 Å². The number of halogens is 3. The van der Waals surface area contributed by atoms with Gasteiger partial charge in [0.1, 0.15) is 13.2 Å². The van der Waals surface area contributed by atoms with Crippen LogP contribution in [0.25, 0.3) is 0 Å². The zero-order valence-electron chi connectivity index (χ0n) is 11.1. The summed E-state index contributed by atoms with van der Waals surface area (Å²) in [5, 5.41) is 9.20. The summed E-state index contributed by atoms with van der Waals surface area (Å²) in [6, 6.07) is 5.01. The van der Waals surface area contributed by atoms with Gasteiger partial charge in [0.15, 0.2) is 11.5 Å². The van der Waals surface area contributed by atoms with E-state index in [9.17, 15) is 18.3 Å². The molecule has 0 spiro atoms. The standard InChI is InChI=1S/C13H17F3O4/c1-2-19-11-5-3-4-10(8-17)12(11)20-7-6-18-9-13(14,15)16/h3-5,17H,2,6-9H2,1H3. The number of hydrogen-bond donors (Lipinski definition) is 1. The number of alkyl halides is 3. The summed E-state index contributed by atoms with van der Waals surface area (Å²) in [6.45, 7) is 0.381. The highest BCUT2D eigenvalue weighted by Crippen LogP contribution is 2.31. The van der Waals surface area contributed by atoms with Gasteiger partial charge in [-0.3, -0.25) is 0 Å². The summed E-state index contributed by atoms with van der Waals surface area (Å²) in [6.07, 6.45) is -4.35. The highest BCUT2D eigenvalue weighted by atomic mass is 19.4. The largest absolute Gasteiger partial charge is 0.490 e. The highest BCUT2D eigenvalue weighted by Gasteiger charge is 2.27. The number of hydrogen-bond acceptors (Lipinski definition) is 4. The van der Waals surface area contributed by atoms with Gasteiger partial charge in [-0.2, -0.15) is 13.2 Å². The number of rotatable bonds is 8. The van der Waals surface area contributed by atoms with E-state index in [1.54, 1.807) is 25.1 Å². The van der Waals surface area contributed by atoms with Crippen LogP contribution < -0.4 is 9.47 Å². The quantitative estimate of drug-likeness (QED) is 0.749. The van der Waals surface area contributed by atoms with Gasteiger partial charge in [-0.1, -0.05) is 12.1 Å². The van der Waals surface area contributed by atoms with E-state index >= 15 is 0 Å². The monoisotopic (exact) mass is 294 g/mol. The van der Waals surface area contributed by atoms with Gasteiger partial charge in [0.2, 0.25) is 0 Å². The van der Waals surface area contributed by atoms with E-state index in [2.05, 4.69) is 4.74 Å². The molecule has 1 rings (SSSR count). The zero-order valence-corrected chi connectivity index (χ0v) is 11.1. The lowest BCUT2D eigenvalue weighted by molar-refractivity contribution is -0.175. The minimum absolute atomic E-state index is 0.0623. The van der Waals surface area contributed by atoms with Gasteiger partial charge in [0.05, 0.1) is 19.8 Å². The van der Waals surface area contributed by atoms with Crippen LogP contribution in [0.15, 0.2) is 18.2 Å². The number of para-hydroxylation sites is 1. The first-order valence-corrected chi connectivity index (χ1v) is 6.10. The van der Waals surface area contributed by atoms with Crippen molar-refractivity contribution in [1.29, 1.82) is 0 Å². The van der Waals surface area contributed by atoms with E-state index in [4.69, 9.17) is 9.47 Å². The van der Waals surface area contributed by atoms with Gasteiger partial charge in [0, 0.05) is 5.56 Å². The van der Waals surface area contributed by atoms with E-state index in [0.29, 0.717) is 23.7 Å². The summed E-state index contributed by atoms with van der Waals surface area (Å²) in [5.41, 5.74) is 0.506. The summed E-state index contributed by atoms with van der Waals surface area (Å²) in [5.74, 6) is 0.766. The summed E-state index contributed by atoms with van der Waals surface area (Å²) in [4.78, 5) is 0. The topological polar surface area (TPSA) is 47.9 Å². The van der Waals surface area contributed by atoms with Crippen molar-refractivity contribution in [2.24, 2.45) is 0 Å². The number of aliphatic hydroxyl groups excluding tert-OH is 1. The van der Waals surface area contributed by atoms with Crippen LogP contribution in [-0.4, -0.2) is 37.7 Å². The molecule has 7 heteroatoms. The molecular weight excluding hydrogens is 277 g/mol. The van der Waals surface area contributed by atoms with Crippen LogP contribution in [0.5, 0.6) is 11.5 Å². The number of aliphatic hydroxyl groups is 1. The molecule has 114 valence electrons. The van der Waals surface area contributed by atoms with Crippen LogP contribution in [0.3, 0.4) is 0 Å². The minimum Gasteiger partial charge on any atom is -0.490 e. The van der Waals surface area contributed by atoms with Gasteiger partial charge in [-0.15, -0.1) is 0 Å². The average Bonchev–Trinajstić information content (AvgIpc) is 2.38. The molecule has 20 heavy (non-hydrogen) atoms. The molecule has 0 aromatic heterocycles. The lowest BCUT2D eigenvalue weighted by Gasteiger charge is -2.15. The molecule has 0 unspecified atom stereocenters. The average molecular weight is 294 g/mol. The molecule has 0 saturated carbocycles. The summed E-state index contributed by atoms with van der Waals surface area (Å²) < 4.78 is 50.7. The normalized spacial score (nSPS) is 11.4. The predicted molar refractivity (Wildman–Crippen MR) is 65.9 cm³/mol. The Morgan fingerprint density at radius 3 is 2.50 bits per heavy atom. The molecule has 0 aliphatic rings. The molecule has 0 aliphatic carbocycles. The van der Waals surface area contributed by atoms with Crippen molar-refractivity contribution >= 4 is 0 Å². The first-order chi connectivity index (χ1) is 9.48. The van der Waals surface area contributed by atoms with Crippen molar-refractivity contribution in [2.45, 2.75) is 19.7 Å². The van der Waals surface area contributed by atoms with Crippen LogP contribution in [0, 0.1) is 0 Å². The molecule has 4 nitrogen and oxygen atoms in total. The number of ether oxygens (including phenoxy) is 3. The molecule has 0 amide bonds. The van der Waals surface area contributed by atoms with Crippen molar-refractivity contribution in [2.75, 3.05) is 26.4 Å². The second-order valence-corrected chi connectivity index (χ2v) is 3.85. The maximum Gasteiger partial charge on any atom is 0.411 e. The molecule has 0 saturated heterocycles. The fraction of sp³-hybridized carbons (Fsp3) is 0.538. The van der Waals surface area contributed by atoms with E-state index < -0.39 is 12.8 Å². The Morgan fingerprint density at radius 2 is 1.90 bits per heavy atom. The fourth-order valence-corrected chi connectivity index (χ4v) is 1.51. The third-order valence-corrected chi connectivity index (χ3v) is 2.27. The SMILES string of the molecule is CCOc1cccc(CO)c1OCCOCC(F)(F)F. The third-order valence-electron chi connectivity index (χ3n) is 2.27. The Labute approximate surface area is 115 Å². The molecule has 0 aliphatic heterocycles. The first kappa shape index (κ1) is 16.6. The van der Waals surface area contributed by atoms with Crippen molar-refractivity contribution < 1.29 is 32.5 Å². The molecule has 1 aromatic rings. The lowest BCUT2D eigenvalue weighted by Crippen LogP contribution is -2.19. The van der Waals surface area contributed by atoms with E-state index in [1.165, 1.54) is 0 Å². The summed E-state index contributed by atoms with van der Waals surface area (Å²) in [7, 11) is 0. The molecule has 0 radical (unpaired) electrons. The highest BCUT2D eigenvalue weighted by molar-refractivity contribution is 5.46. The Hall–Kier alpha value is -1.47. The molecular formula is C13H17F3O4. The Bertz CT molecular complexity index is 407. The Morgan fingerprint density at radius 1 is 1.15 bits per heavy atom. The molecule has 0 bridgehead atoms. The van der Waals surface area contributed by atoms with Gasteiger partial charge < -0.3 is 19.3 Å². The van der Waals surface area contributed by atoms with Crippen molar-refractivity contribution in [3.63, 3.8) is 0 Å². The first-order valence-electron chi connectivity index (χ1n) is 6.10. The zero-order chi connectivity index (χ0) is 15.0. The van der Waals surface area contributed by atoms with Gasteiger partial charge in [0.25, 0.3) is 0 Å². The molecule has 0 fully saturated rings. The Balaban J connectivity index is 2.53. The fourth-order valence-electron chi connectivity index (χ4n) is 1.51. The van der Waals surface area contributed by atoms with Crippen molar-refractivity contribution in [3.05, 3.63) is 23.8 Å². The Kier molecular flexibility index (Phi) is 6.60. The second-order valence-electron chi connectivity index (χ2n) is 3.85. The van der Waals surface area contributed by atoms with Gasteiger partial charge >= 0.3 is 6.18 Å². The maximum atomic E-state index is 11.9. The van der Waals surface area contributed by atoms with E-state index in [-0.39, 0.29) is 19.8 Å². The third kappa shape index (κ3) is 5.66. The maximum absolute atomic E-state index is 11.9. The molecule has 0 heterocycles. The van der Waals surface area contributed by atoms with Crippen LogP contribution >= 0.6 is 0 Å².